The Bertz CT molecular complexity index is 2080. The Balaban J connectivity index is 1.48. The van der Waals surface area contributed by atoms with E-state index < -0.39 is 6.04 Å². The number of carbonyl (C=O) groups is 1. The number of nitrogens with zero attached hydrogens (tertiary/aromatic N) is 8. The smallest absolute Gasteiger partial charge is 0.267 e. The van der Waals surface area contributed by atoms with Gasteiger partial charge in [0.1, 0.15) is 11.3 Å². The van der Waals surface area contributed by atoms with Crippen LogP contribution in [0, 0.1) is 25.7 Å². The van der Waals surface area contributed by atoms with Gasteiger partial charge in [-0.2, -0.15) is 10.2 Å². The van der Waals surface area contributed by atoms with E-state index in [4.69, 9.17) is 4.98 Å². The third kappa shape index (κ3) is 4.51. The quantitative estimate of drug-likeness (QED) is 0.339. The van der Waals surface area contributed by atoms with Gasteiger partial charge in [0.15, 0.2) is 0 Å². The van der Waals surface area contributed by atoms with Gasteiger partial charge in [0, 0.05) is 12.6 Å². The highest BCUT2D eigenvalue weighted by Gasteiger charge is 2.24. The maximum Gasteiger partial charge on any atom is 0.267 e. The van der Waals surface area contributed by atoms with Crippen molar-refractivity contribution in [2.75, 3.05) is 0 Å². The van der Waals surface area contributed by atoms with E-state index in [1.54, 1.807) is 42.9 Å². The molecule has 4 heterocycles. The van der Waals surface area contributed by atoms with Crippen LogP contribution in [0.3, 0.4) is 0 Å². The second-order valence-corrected chi connectivity index (χ2v) is 9.61. The second-order valence-electron chi connectivity index (χ2n) is 9.61. The summed E-state index contributed by atoms with van der Waals surface area (Å²) in [6, 6.07) is 15.7. The summed E-state index contributed by atoms with van der Waals surface area (Å²) in [6.45, 7) is 5.46. The number of para-hydroxylation sites is 1. The number of rotatable bonds is 4. The third-order valence-electron chi connectivity index (χ3n) is 6.98. The summed E-state index contributed by atoms with van der Waals surface area (Å²) >= 11 is 0. The predicted molar refractivity (Wildman–Crippen MR) is 153 cm³/mol. The van der Waals surface area contributed by atoms with Gasteiger partial charge in [0.05, 0.1) is 57.5 Å². The van der Waals surface area contributed by atoms with Gasteiger partial charge < -0.3 is 5.32 Å². The molecule has 11 nitrogen and oxygen atoms in total. The number of nitrogens with one attached hydrogen (secondary N) is 1. The number of benzene rings is 2. The van der Waals surface area contributed by atoms with Crippen molar-refractivity contribution in [3.8, 4) is 17.5 Å². The molecule has 1 atom stereocenters. The molecule has 0 unspecified atom stereocenters. The molecule has 1 N–H and O–H groups in total. The number of aryl methyl sites for hydroxylation is 2. The lowest BCUT2D eigenvalue weighted by molar-refractivity contribution is 0.0939. The molecule has 2 aromatic carbocycles. The summed E-state index contributed by atoms with van der Waals surface area (Å²) in [7, 11) is 1.85. The molecular formula is C30H25N9O2. The average Bonchev–Trinajstić information content (AvgIpc) is 3.49. The molecular weight excluding hydrogens is 518 g/mol. The molecule has 0 bridgehead atoms. The Hall–Kier alpha value is -5.63. The van der Waals surface area contributed by atoms with Crippen molar-refractivity contribution >= 4 is 22.3 Å². The molecule has 0 aliphatic rings. The highest BCUT2D eigenvalue weighted by atomic mass is 16.2. The lowest BCUT2D eigenvalue weighted by Crippen LogP contribution is -2.33. The Kier molecular flexibility index (Phi) is 6.35. The van der Waals surface area contributed by atoms with Gasteiger partial charge in [0.2, 0.25) is 0 Å². The Morgan fingerprint density at radius 1 is 1.00 bits per heavy atom. The molecule has 6 aromatic rings. The summed E-state index contributed by atoms with van der Waals surface area (Å²) in [5.74, 6) is 6.31. The van der Waals surface area contributed by atoms with Crippen molar-refractivity contribution in [1.29, 1.82) is 0 Å². The number of aromatic nitrogens is 8. The SMILES string of the molecule is Cc1nn2nnccc2c1C(=O)N[C@@H](C)c1nc2cccc(C#Cc3cnn(C)c3C)c2c(=O)n1-c1ccccc1. The van der Waals surface area contributed by atoms with Crippen LogP contribution in [0.1, 0.15) is 51.7 Å². The van der Waals surface area contributed by atoms with Crippen molar-refractivity contribution < 1.29 is 4.79 Å². The zero-order valence-corrected chi connectivity index (χ0v) is 22.8. The van der Waals surface area contributed by atoms with Crippen molar-refractivity contribution in [3.05, 3.63) is 111 Å². The van der Waals surface area contributed by atoms with Crippen LogP contribution in [0.15, 0.2) is 71.8 Å². The molecule has 1 amide bonds. The van der Waals surface area contributed by atoms with Gasteiger partial charge >= 0.3 is 0 Å². The summed E-state index contributed by atoms with van der Waals surface area (Å²) in [5, 5.41) is 19.7. The monoisotopic (exact) mass is 543 g/mol. The predicted octanol–water partition coefficient (Wildman–Crippen LogP) is 3.06. The Morgan fingerprint density at radius 2 is 1.78 bits per heavy atom. The molecule has 4 aromatic heterocycles. The van der Waals surface area contributed by atoms with E-state index in [9.17, 15) is 9.59 Å². The molecule has 0 radical (unpaired) electrons. The largest absolute Gasteiger partial charge is 0.342 e. The van der Waals surface area contributed by atoms with Gasteiger partial charge in [-0.05, 0) is 56.3 Å². The van der Waals surface area contributed by atoms with Crippen LogP contribution in [-0.4, -0.2) is 45.3 Å². The molecule has 0 aliphatic carbocycles. The van der Waals surface area contributed by atoms with Crippen molar-refractivity contribution in [3.63, 3.8) is 0 Å². The van der Waals surface area contributed by atoms with Crippen molar-refractivity contribution in [1.82, 2.24) is 44.7 Å². The maximum atomic E-state index is 14.2. The number of hydrogen-bond acceptors (Lipinski definition) is 7. The van der Waals surface area contributed by atoms with E-state index in [-0.39, 0.29) is 11.5 Å². The molecule has 0 aliphatic heterocycles. The number of carbonyl (C=O) groups excluding carboxylic acids is 1. The lowest BCUT2D eigenvalue weighted by atomic mass is 10.1. The van der Waals surface area contributed by atoms with Crippen LogP contribution in [0.5, 0.6) is 0 Å². The summed E-state index contributed by atoms with van der Waals surface area (Å²) in [5.41, 5.74) is 4.50. The Labute approximate surface area is 234 Å². The summed E-state index contributed by atoms with van der Waals surface area (Å²) in [6.07, 6.45) is 3.21. The first-order valence-corrected chi connectivity index (χ1v) is 12.9. The lowest BCUT2D eigenvalue weighted by Gasteiger charge is -2.20. The average molecular weight is 544 g/mol. The van der Waals surface area contributed by atoms with Gasteiger partial charge in [0.25, 0.3) is 11.5 Å². The molecule has 41 heavy (non-hydrogen) atoms. The van der Waals surface area contributed by atoms with E-state index in [0.717, 1.165) is 11.3 Å². The number of amides is 1. The van der Waals surface area contributed by atoms with E-state index >= 15 is 0 Å². The normalized spacial score (nSPS) is 11.8. The van der Waals surface area contributed by atoms with E-state index in [0.29, 0.717) is 44.8 Å². The minimum absolute atomic E-state index is 0.285. The zero-order valence-electron chi connectivity index (χ0n) is 22.8. The summed E-state index contributed by atoms with van der Waals surface area (Å²) < 4.78 is 4.60. The van der Waals surface area contributed by atoms with E-state index in [1.807, 2.05) is 50.4 Å². The second kappa shape index (κ2) is 10.2. The Morgan fingerprint density at radius 3 is 2.54 bits per heavy atom. The van der Waals surface area contributed by atoms with E-state index in [2.05, 4.69) is 37.7 Å². The zero-order chi connectivity index (χ0) is 28.7. The molecule has 202 valence electrons. The minimum atomic E-state index is -0.642. The number of fused-ring (bicyclic) bond motifs is 2. The first-order chi connectivity index (χ1) is 19.8. The summed E-state index contributed by atoms with van der Waals surface area (Å²) in [4.78, 5) is 32.6. The topological polar surface area (TPSA) is 125 Å². The van der Waals surface area contributed by atoms with Crippen LogP contribution < -0.4 is 10.9 Å². The van der Waals surface area contributed by atoms with Gasteiger partial charge in [-0.25, -0.2) is 4.98 Å². The van der Waals surface area contributed by atoms with Crippen molar-refractivity contribution in [2.24, 2.45) is 7.05 Å². The highest BCUT2D eigenvalue weighted by molar-refractivity contribution is 6.02. The molecule has 0 fully saturated rings. The van der Waals surface area contributed by atoms with Crippen LogP contribution in [0.25, 0.3) is 22.1 Å². The first kappa shape index (κ1) is 25.6. The van der Waals surface area contributed by atoms with Gasteiger partial charge in [-0.1, -0.05) is 36.1 Å². The third-order valence-corrected chi connectivity index (χ3v) is 6.98. The maximum absolute atomic E-state index is 14.2. The fourth-order valence-electron chi connectivity index (χ4n) is 4.77. The minimum Gasteiger partial charge on any atom is -0.342 e. The highest BCUT2D eigenvalue weighted by Crippen LogP contribution is 2.22. The van der Waals surface area contributed by atoms with Crippen LogP contribution in [0.4, 0.5) is 0 Å². The van der Waals surface area contributed by atoms with Gasteiger partial charge in [-0.15, -0.1) is 9.73 Å². The van der Waals surface area contributed by atoms with Gasteiger partial charge in [-0.3, -0.25) is 18.8 Å². The number of hydrogen-bond donors (Lipinski definition) is 1. The van der Waals surface area contributed by atoms with E-state index in [1.165, 1.54) is 15.4 Å². The van der Waals surface area contributed by atoms with Crippen LogP contribution in [-0.2, 0) is 7.05 Å². The molecule has 0 saturated carbocycles. The van der Waals surface area contributed by atoms with Crippen molar-refractivity contribution in [2.45, 2.75) is 26.8 Å². The fourth-order valence-corrected chi connectivity index (χ4v) is 4.77. The molecule has 11 heteroatoms. The molecule has 0 spiro atoms. The van der Waals surface area contributed by atoms with Crippen LogP contribution in [0.2, 0.25) is 0 Å². The standard InChI is InChI=1S/C30H25N9O2/c1-18-26(25-15-16-31-36-39(25)35-18)29(40)33-19(2)28-34-24-12-8-9-21(13-14-22-17-32-37(4)20(22)3)27(24)30(41)38(28)23-10-6-5-7-11-23/h5-12,15-17,19H,1-4H3,(H,33,40)/t19-/m0/s1. The fraction of sp³-hybridized carbons (Fsp3) is 0.167. The molecule has 0 saturated heterocycles. The molecule has 6 rings (SSSR count). The van der Waals surface area contributed by atoms with Crippen LogP contribution >= 0.6 is 0 Å². The first-order valence-electron chi connectivity index (χ1n) is 12.9.